The van der Waals surface area contributed by atoms with Gasteiger partial charge in [0, 0.05) is 13.1 Å². The number of methoxy groups -OCH3 is 1. The third kappa shape index (κ3) is 5.11. The van der Waals surface area contributed by atoms with Crippen LogP contribution >= 0.6 is 0 Å². The fraction of sp³-hybridized carbons (Fsp3) is 0.316. The van der Waals surface area contributed by atoms with Crippen LogP contribution in [0.5, 0.6) is 5.75 Å². The molecular weight excluding hydrogens is 288 g/mol. The third-order valence-corrected chi connectivity index (χ3v) is 3.92. The summed E-state index contributed by atoms with van der Waals surface area (Å²) in [6.45, 7) is 3.16. The third-order valence-electron chi connectivity index (χ3n) is 3.92. The van der Waals surface area contributed by atoms with Gasteiger partial charge in [-0.25, -0.2) is 0 Å². The molecule has 1 atom stereocenters. The van der Waals surface area contributed by atoms with Crippen molar-refractivity contribution in [2.24, 2.45) is 0 Å². The summed E-state index contributed by atoms with van der Waals surface area (Å²) >= 11 is 0. The molecule has 2 aromatic carbocycles. The Labute approximate surface area is 138 Å². The zero-order valence-corrected chi connectivity index (χ0v) is 14.0. The number of hydrogen-bond donors (Lipinski definition) is 1. The van der Waals surface area contributed by atoms with Crippen molar-refractivity contribution < 1.29 is 9.53 Å². The first-order chi connectivity index (χ1) is 11.1. The molecule has 4 nitrogen and oxygen atoms in total. The molecule has 0 radical (unpaired) electrons. The molecule has 0 aliphatic heterocycles. The Bertz CT molecular complexity index is 628. The van der Waals surface area contributed by atoms with Gasteiger partial charge in [-0.1, -0.05) is 42.5 Å². The average molecular weight is 312 g/mol. The highest BCUT2D eigenvalue weighted by Crippen LogP contribution is 2.14. The highest BCUT2D eigenvalue weighted by Gasteiger charge is 2.17. The predicted molar refractivity (Wildman–Crippen MR) is 92.2 cm³/mol. The van der Waals surface area contributed by atoms with E-state index in [1.807, 2.05) is 73.5 Å². The molecule has 0 bridgehead atoms. The van der Waals surface area contributed by atoms with Crippen molar-refractivity contribution in [1.29, 1.82) is 0 Å². The van der Waals surface area contributed by atoms with Crippen LogP contribution in [0.4, 0.5) is 0 Å². The van der Waals surface area contributed by atoms with Crippen molar-refractivity contribution in [3.8, 4) is 5.75 Å². The van der Waals surface area contributed by atoms with Crippen molar-refractivity contribution in [2.45, 2.75) is 26.1 Å². The molecule has 0 spiro atoms. The van der Waals surface area contributed by atoms with E-state index >= 15 is 0 Å². The second-order valence-electron chi connectivity index (χ2n) is 5.65. The first kappa shape index (κ1) is 17.0. The summed E-state index contributed by atoms with van der Waals surface area (Å²) in [7, 11) is 3.61. The quantitative estimate of drug-likeness (QED) is 0.855. The molecule has 1 N–H and O–H groups in total. The Kier molecular flexibility index (Phi) is 6.18. The lowest BCUT2D eigenvalue weighted by Gasteiger charge is -2.24. The van der Waals surface area contributed by atoms with Crippen LogP contribution < -0.4 is 10.1 Å². The normalized spacial score (nSPS) is 12.0. The Morgan fingerprint density at radius 2 is 1.83 bits per heavy atom. The van der Waals surface area contributed by atoms with E-state index in [1.165, 1.54) is 0 Å². The number of likely N-dealkylation sites (N-methyl/N-ethyl adjacent to an activating group) is 1. The smallest absolute Gasteiger partial charge is 0.237 e. The average Bonchev–Trinajstić information content (AvgIpc) is 2.60. The van der Waals surface area contributed by atoms with Crippen LogP contribution in [-0.2, 0) is 17.9 Å². The molecule has 0 fully saturated rings. The lowest BCUT2D eigenvalue weighted by Crippen LogP contribution is -2.42. The number of rotatable bonds is 7. The highest BCUT2D eigenvalue weighted by atomic mass is 16.5. The van der Waals surface area contributed by atoms with Gasteiger partial charge in [0.15, 0.2) is 0 Å². The van der Waals surface area contributed by atoms with Crippen LogP contribution in [0.15, 0.2) is 54.6 Å². The molecule has 1 amide bonds. The molecule has 0 aliphatic rings. The lowest BCUT2D eigenvalue weighted by molar-refractivity contribution is -0.125. The van der Waals surface area contributed by atoms with E-state index in [2.05, 4.69) is 5.32 Å². The van der Waals surface area contributed by atoms with Crippen LogP contribution in [0.25, 0.3) is 0 Å². The molecule has 0 aromatic heterocycles. The molecule has 0 aliphatic carbocycles. The fourth-order valence-corrected chi connectivity index (χ4v) is 2.33. The lowest BCUT2D eigenvalue weighted by atomic mass is 10.1. The summed E-state index contributed by atoms with van der Waals surface area (Å²) in [4.78, 5) is 14.3. The van der Waals surface area contributed by atoms with E-state index in [0.29, 0.717) is 13.1 Å². The van der Waals surface area contributed by atoms with Crippen molar-refractivity contribution in [1.82, 2.24) is 10.2 Å². The minimum absolute atomic E-state index is 0.0271. The Balaban J connectivity index is 1.87. The molecule has 0 saturated carbocycles. The minimum Gasteiger partial charge on any atom is -0.497 e. The molecule has 2 aromatic rings. The van der Waals surface area contributed by atoms with Gasteiger partial charge in [-0.15, -0.1) is 0 Å². The van der Waals surface area contributed by atoms with Gasteiger partial charge in [0.1, 0.15) is 5.75 Å². The molecular formula is C19H24N2O2. The van der Waals surface area contributed by atoms with Crippen LogP contribution in [0, 0.1) is 0 Å². The maximum Gasteiger partial charge on any atom is 0.237 e. The first-order valence-electron chi connectivity index (χ1n) is 7.75. The van der Waals surface area contributed by atoms with Gasteiger partial charge < -0.3 is 10.1 Å². The minimum atomic E-state index is -0.204. The van der Waals surface area contributed by atoms with Gasteiger partial charge in [-0.2, -0.15) is 0 Å². The number of benzene rings is 2. The molecule has 0 saturated heterocycles. The van der Waals surface area contributed by atoms with E-state index in [-0.39, 0.29) is 11.9 Å². The van der Waals surface area contributed by atoms with Gasteiger partial charge in [0.2, 0.25) is 5.91 Å². The Morgan fingerprint density at radius 3 is 2.52 bits per heavy atom. The van der Waals surface area contributed by atoms with Crippen LogP contribution in [0.3, 0.4) is 0 Å². The SMILES string of the molecule is COc1cccc(CN(C)C(C)C(=O)NCc2ccccc2)c1. The number of ether oxygens (including phenoxy) is 1. The van der Waals surface area contributed by atoms with E-state index in [4.69, 9.17) is 4.74 Å². The fourth-order valence-electron chi connectivity index (χ4n) is 2.33. The monoisotopic (exact) mass is 312 g/mol. The van der Waals surface area contributed by atoms with Crippen LogP contribution in [0.2, 0.25) is 0 Å². The summed E-state index contributed by atoms with van der Waals surface area (Å²) in [5.41, 5.74) is 2.22. The van der Waals surface area contributed by atoms with Gasteiger partial charge in [0.25, 0.3) is 0 Å². The highest BCUT2D eigenvalue weighted by molar-refractivity contribution is 5.81. The number of hydrogen-bond acceptors (Lipinski definition) is 3. The number of nitrogens with zero attached hydrogens (tertiary/aromatic N) is 1. The van der Waals surface area contributed by atoms with Gasteiger partial charge in [-0.05, 0) is 37.2 Å². The number of carbonyl (C=O) groups excluding carboxylic acids is 1. The molecule has 23 heavy (non-hydrogen) atoms. The second-order valence-corrected chi connectivity index (χ2v) is 5.65. The summed E-state index contributed by atoms with van der Waals surface area (Å²) in [6, 6.07) is 17.6. The van der Waals surface area contributed by atoms with Crippen molar-refractivity contribution in [3.05, 3.63) is 65.7 Å². The van der Waals surface area contributed by atoms with Crippen LogP contribution in [-0.4, -0.2) is 31.0 Å². The maximum atomic E-state index is 12.3. The molecule has 4 heteroatoms. The zero-order valence-electron chi connectivity index (χ0n) is 14.0. The summed E-state index contributed by atoms with van der Waals surface area (Å²) in [5, 5.41) is 2.98. The van der Waals surface area contributed by atoms with E-state index in [9.17, 15) is 4.79 Å². The zero-order chi connectivity index (χ0) is 16.7. The van der Waals surface area contributed by atoms with Crippen LogP contribution in [0.1, 0.15) is 18.1 Å². The van der Waals surface area contributed by atoms with E-state index in [0.717, 1.165) is 16.9 Å². The topological polar surface area (TPSA) is 41.6 Å². The van der Waals surface area contributed by atoms with Crippen molar-refractivity contribution in [3.63, 3.8) is 0 Å². The summed E-state index contributed by atoms with van der Waals surface area (Å²) < 4.78 is 5.23. The molecule has 122 valence electrons. The molecule has 0 heterocycles. The molecule has 1 unspecified atom stereocenters. The van der Waals surface area contributed by atoms with Gasteiger partial charge in [-0.3, -0.25) is 9.69 Å². The maximum absolute atomic E-state index is 12.3. The van der Waals surface area contributed by atoms with E-state index in [1.54, 1.807) is 7.11 Å². The van der Waals surface area contributed by atoms with Crippen molar-refractivity contribution >= 4 is 5.91 Å². The van der Waals surface area contributed by atoms with Gasteiger partial charge in [0.05, 0.1) is 13.2 Å². The largest absolute Gasteiger partial charge is 0.497 e. The Morgan fingerprint density at radius 1 is 1.13 bits per heavy atom. The Hall–Kier alpha value is -2.33. The van der Waals surface area contributed by atoms with Crippen molar-refractivity contribution in [2.75, 3.05) is 14.2 Å². The standard InChI is InChI=1S/C19H24N2O2/c1-15(19(22)20-13-16-8-5-4-6-9-16)21(2)14-17-10-7-11-18(12-17)23-3/h4-12,15H,13-14H2,1-3H3,(H,20,22). The number of amides is 1. The summed E-state index contributed by atoms with van der Waals surface area (Å²) in [5.74, 6) is 0.858. The van der Waals surface area contributed by atoms with E-state index < -0.39 is 0 Å². The molecule has 2 rings (SSSR count). The number of carbonyl (C=O) groups is 1. The first-order valence-corrected chi connectivity index (χ1v) is 7.75. The predicted octanol–water partition coefficient (Wildman–Crippen LogP) is 2.83. The summed E-state index contributed by atoms with van der Waals surface area (Å²) in [6.07, 6.45) is 0. The number of nitrogens with one attached hydrogen (secondary N) is 1. The second kappa shape index (κ2) is 8.34. The van der Waals surface area contributed by atoms with Gasteiger partial charge >= 0.3 is 0 Å².